The van der Waals surface area contributed by atoms with Gasteiger partial charge in [-0.05, 0) is 14.1 Å². The van der Waals surface area contributed by atoms with Gasteiger partial charge in [0, 0.05) is 39.0 Å². The van der Waals surface area contributed by atoms with Crippen LogP contribution >= 0.6 is 0 Å². The van der Waals surface area contributed by atoms with Gasteiger partial charge in [0.25, 0.3) is 0 Å². The summed E-state index contributed by atoms with van der Waals surface area (Å²) in [5, 5.41) is 34.7. The third-order valence-corrected chi connectivity index (χ3v) is 2.40. The molecule has 0 aromatic carbocycles. The Kier molecular flexibility index (Phi) is 8.73. The highest BCUT2D eigenvalue weighted by Gasteiger charge is 2.05. The number of hydrogen-bond acceptors (Lipinski definition) is 6. The normalized spacial score (nSPS) is 12.4. The SMILES string of the molecule is CN(CCC(O)O)CCN(C)CCC(O)O. The lowest BCUT2D eigenvalue weighted by Crippen LogP contribution is -2.33. The Labute approximate surface area is 96.7 Å². The summed E-state index contributed by atoms with van der Waals surface area (Å²) < 4.78 is 0. The molecule has 0 aliphatic rings. The summed E-state index contributed by atoms with van der Waals surface area (Å²) in [6.45, 7) is 2.89. The highest BCUT2D eigenvalue weighted by molar-refractivity contribution is 4.58. The van der Waals surface area contributed by atoms with Crippen LogP contribution in [0.4, 0.5) is 0 Å². The highest BCUT2D eigenvalue weighted by Crippen LogP contribution is 1.94. The van der Waals surface area contributed by atoms with Crippen LogP contribution in [0.2, 0.25) is 0 Å². The van der Waals surface area contributed by atoms with E-state index in [1.54, 1.807) is 0 Å². The fourth-order valence-electron chi connectivity index (χ4n) is 1.24. The lowest BCUT2D eigenvalue weighted by molar-refractivity contribution is -0.0520. The molecule has 0 heterocycles. The van der Waals surface area contributed by atoms with Crippen molar-refractivity contribution >= 4 is 0 Å². The maximum Gasteiger partial charge on any atom is 0.152 e. The molecule has 98 valence electrons. The van der Waals surface area contributed by atoms with Crippen molar-refractivity contribution in [2.24, 2.45) is 0 Å². The molecule has 6 heteroatoms. The molecule has 0 spiro atoms. The number of likely N-dealkylation sites (N-methyl/N-ethyl adjacent to an activating group) is 2. The van der Waals surface area contributed by atoms with Crippen LogP contribution in [0, 0.1) is 0 Å². The molecular formula is C10H24N2O4. The second-order valence-electron chi connectivity index (χ2n) is 4.15. The zero-order valence-electron chi connectivity index (χ0n) is 10.1. The van der Waals surface area contributed by atoms with Gasteiger partial charge in [0.1, 0.15) is 0 Å². The van der Waals surface area contributed by atoms with Gasteiger partial charge in [-0.25, -0.2) is 0 Å². The van der Waals surface area contributed by atoms with Crippen LogP contribution in [0.25, 0.3) is 0 Å². The van der Waals surface area contributed by atoms with Gasteiger partial charge >= 0.3 is 0 Å². The average molecular weight is 236 g/mol. The Hall–Kier alpha value is -0.240. The number of rotatable bonds is 9. The molecule has 0 atom stereocenters. The van der Waals surface area contributed by atoms with Crippen molar-refractivity contribution in [3.8, 4) is 0 Å². The van der Waals surface area contributed by atoms with Gasteiger partial charge in [0.15, 0.2) is 12.6 Å². The van der Waals surface area contributed by atoms with Crippen molar-refractivity contribution in [2.75, 3.05) is 40.3 Å². The topological polar surface area (TPSA) is 87.4 Å². The summed E-state index contributed by atoms with van der Waals surface area (Å²) in [7, 11) is 3.83. The Balaban J connectivity index is 3.47. The van der Waals surface area contributed by atoms with E-state index in [-0.39, 0.29) is 0 Å². The maximum absolute atomic E-state index is 8.69. The molecular weight excluding hydrogens is 212 g/mol. The first-order valence-corrected chi connectivity index (χ1v) is 5.51. The van der Waals surface area contributed by atoms with Crippen LogP contribution < -0.4 is 0 Å². The number of hydrogen-bond donors (Lipinski definition) is 4. The minimum absolute atomic E-state index is 0.343. The average Bonchev–Trinajstić information content (AvgIpc) is 2.20. The van der Waals surface area contributed by atoms with Crippen LogP contribution in [-0.4, -0.2) is 83.1 Å². The van der Waals surface area contributed by atoms with E-state index >= 15 is 0 Å². The lowest BCUT2D eigenvalue weighted by Gasteiger charge is -2.22. The first-order valence-electron chi connectivity index (χ1n) is 5.51. The molecule has 0 unspecified atom stereocenters. The van der Waals surface area contributed by atoms with E-state index in [9.17, 15) is 0 Å². The summed E-state index contributed by atoms with van der Waals surface area (Å²) in [5.41, 5.74) is 0. The Morgan fingerprint density at radius 1 is 0.688 bits per heavy atom. The monoisotopic (exact) mass is 236 g/mol. The van der Waals surface area contributed by atoms with Crippen molar-refractivity contribution in [1.29, 1.82) is 0 Å². The van der Waals surface area contributed by atoms with Crippen LogP contribution in [0.1, 0.15) is 12.8 Å². The van der Waals surface area contributed by atoms with Crippen molar-refractivity contribution in [3.63, 3.8) is 0 Å². The van der Waals surface area contributed by atoms with Crippen LogP contribution in [-0.2, 0) is 0 Å². The predicted octanol–water partition coefficient (Wildman–Crippen LogP) is -1.75. The predicted molar refractivity (Wildman–Crippen MR) is 60.7 cm³/mol. The van der Waals surface area contributed by atoms with Gasteiger partial charge in [-0.1, -0.05) is 0 Å². The largest absolute Gasteiger partial charge is 0.368 e. The van der Waals surface area contributed by atoms with Crippen LogP contribution in [0.5, 0.6) is 0 Å². The van der Waals surface area contributed by atoms with E-state index < -0.39 is 12.6 Å². The first-order chi connectivity index (χ1) is 7.41. The zero-order chi connectivity index (χ0) is 12.6. The Morgan fingerprint density at radius 3 is 1.25 bits per heavy atom. The van der Waals surface area contributed by atoms with Gasteiger partial charge in [0.2, 0.25) is 0 Å². The minimum Gasteiger partial charge on any atom is -0.368 e. The highest BCUT2D eigenvalue weighted by atomic mass is 16.5. The molecule has 0 aromatic heterocycles. The van der Waals surface area contributed by atoms with E-state index in [1.807, 2.05) is 23.9 Å². The van der Waals surface area contributed by atoms with Crippen LogP contribution in [0.3, 0.4) is 0 Å². The first kappa shape index (κ1) is 15.8. The van der Waals surface area contributed by atoms with Gasteiger partial charge < -0.3 is 30.2 Å². The molecule has 0 bridgehead atoms. The van der Waals surface area contributed by atoms with Crippen LogP contribution in [0.15, 0.2) is 0 Å². The van der Waals surface area contributed by atoms with Gasteiger partial charge in [-0.3, -0.25) is 0 Å². The second kappa shape index (κ2) is 8.86. The van der Waals surface area contributed by atoms with Gasteiger partial charge in [-0.2, -0.15) is 0 Å². The van der Waals surface area contributed by atoms with Gasteiger partial charge in [-0.15, -0.1) is 0 Å². The summed E-state index contributed by atoms with van der Waals surface area (Å²) in [6.07, 6.45) is -1.81. The van der Waals surface area contributed by atoms with E-state index in [4.69, 9.17) is 20.4 Å². The van der Waals surface area contributed by atoms with Gasteiger partial charge in [0.05, 0.1) is 0 Å². The van der Waals surface area contributed by atoms with E-state index in [0.717, 1.165) is 13.1 Å². The molecule has 6 nitrogen and oxygen atoms in total. The standard InChI is InChI=1S/C10H24N2O4/c1-11(5-3-9(13)14)7-8-12(2)6-4-10(15)16/h9-10,13-16H,3-8H2,1-2H3. The molecule has 4 N–H and O–H groups in total. The molecule has 0 aromatic rings. The molecule has 0 fully saturated rings. The number of aliphatic hydroxyl groups is 4. The number of aliphatic hydroxyl groups excluding tert-OH is 2. The fourth-order valence-corrected chi connectivity index (χ4v) is 1.24. The molecule has 0 aliphatic heterocycles. The third-order valence-electron chi connectivity index (χ3n) is 2.40. The summed E-state index contributed by atoms with van der Waals surface area (Å²) in [6, 6.07) is 0. The molecule has 0 rings (SSSR count). The van der Waals surface area contributed by atoms with E-state index in [1.165, 1.54) is 0 Å². The molecule has 0 amide bonds. The molecule has 0 radical (unpaired) electrons. The third kappa shape index (κ3) is 10.3. The number of nitrogens with zero attached hydrogens (tertiary/aromatic N) is 2. The minimum atomic E-state index is -1.25. The smallest absolute Gasteiger partial charge is 0.152 e. The maximum atomic E-state index is 8.69. The zero-order valence-corrected chi connectivity index (χ0v) is 10.1. The quantitative estimate of drug-likeness (QED) is 0.355. The fraction of sp³-hybridized carbons (Fsp3) is 1.00. The Bertz CT molecular complexity index is 149. The molecule has 0 aliphatic carbocycles. The Morgan fingerprint density at radius 2 is 1.00 bits per heavy atom. The summed E-state index contributed by atoms with van der Waals surface area (Å²) in [4.78, 5) is 4.01. The molecule has 0 saturated carbocycles. The van der Waals surface area contributed by atoms with Crippen molar-refractivity contribution < 1.29 is 20.4 Å². The molecule has 0 saturated heterocycles. The summed E-state index contributed by atoms with van der Waals surface area (Å²) >= 11 is 0. The van der Waals surface area contributed by atoms with Crippen molar-refractivity contribution in [3.05, 3.63) is 0 Å². The van der Waals surface area contributed by atoms with Crippen molar-refractivity contribution in [1.82, 2.24) is 9.80 Å². The van der Waals surface area contributed by atoms with Crippen molar-refractivity contribution in [2.45, 2.75) is 25.4 Å². The lowest BCUT2D eigenvalue weighted by atomic mass is 10.3. The second-order valence-corrected chi connectivity index (χ2v) is 4.15. The van der Waals surface area contributed by atoms with E-state index in [0.29, 0.717) is 25.9 Å². The molecule has 16 heavy (non-hydrogen) atoms. The van der Waals surface area contributed by atoms with E-state index in [2.05, 4.69) is 0 Å². The summed E-state index contributed by atoms with van der Waals surface area (Å²) in [5.74, 6) is 0.